The number of nitrogens with zero attached hydrogens (tertiary/aromatic N) is 6. The van der Waals surface area contributed by atoms with Crippen LogP contribution in [0.5, 0.6) is 11.5 Å². The number of para-hydroxylation sites is 1. The van der Waals surface area contributed by atoms with Crippen LogP contribution >= 0.6 is 11.6 Å². The molecule has 0 bridgehead atoms. The topological polar surface area (TPSA) is 109 Å². The molecule has 162 valence electrons. The van der Waals surface area contributed by atoms with Gasteiger partial charge in [-0.25, -0.2) is 9.67 Å². The Kier molecular flexibility index (Phi) is 4.51. The average Bonchev–Trinajstić information content (AvgIpc) is 3.45. The van der Waals surface area contributed by atoms with E-state index in [1.54, 1.807) is 6.92 Å². The van der Waals surface area contributed by atoms with Crippen molar-refractivity contribution in [3.8, 4) is 23.0 Å². The van der Waals surface area contributed by atoms with E-state index in [1.165, 1.54) is 58.5 Å². The first-order valence-corrected chi connectivity index (χ1v) is 9.47. The fourth-order valence-electron chi connectivity index (χ4n) is 3.17. The highest BCUT2D eigenvalue weighted by Crippen LogP contribution is 2.44. The van der Waals surface area contributed by atoms with Gasteiger partial charge in [0.25, 0.3) is 5.91 Å². The summed E-state index contributed by atoms with van der Waals surface area (Å²) < 4.78 is 37.4. The number of ether oxygens (including phenoxy) is 2. The maximum Gasteiger partial charge on any atom is 0.586 e. The molecule has 3 aromatic heterocycles. The lowest BCUT2D eigenvalue weighted by Crippen LogP contribution is -2.26. The van der Waals surface area contributed by atoms with Gasteiger partial charge >= 0.3 is 6.29 Å². The largest absolute Gasteiger partial charge is 0.586 e. The highest BCUT2D eigenvalue weighted by atomic mass is 35.5. The van der Waals surface area contributed by atoms with E-state index in [0.717, 1.165) is 0 Å². The molecule has 0 fully saturated rings. The van der Waals surface area contributed by atoms with Crippen molar-refractivity contribution in [2.24, 2.45) is 0 Å². The predicted octanol–water partition coefficient (Wildman–Crippen LogP) is 3.38. The zero-order chi connectivity index (χ0) is 22.5. The molecule has 10 nitrogen and oxygen atoms in total. The molecule has 4 aromatic rings. The molecule has 5 rings (SSSR count). The molecule has 1 amide bonds. The smallest absolute Gasteiger partial charge is 0.395 e. The van der Waals surface area contributed by atoms with Crippen LogP contribution in [0.15, 0.2) is 49.1 Å². The summed E-state index contributed by atoms with van der Waals surface area (Å²) in [6, 6.07) is 5.90. The second-order valence-corrected chi connectivity index (χ2v) is 7.04. The highest BCUT2D eigenvalue weighted by Gasteiger charge is 2.45. The number of halogens is 3. The van der Waals surface area contributed by atoms with Crippen molar-refractivity contribution >= 4 is 23.2 Å². The molecule has 1 N–H and O–H groups in total. The summed E-state index contributed by atoms with van der Waals surface area (Å²) in [6.45, 7) is 1.62. The summed E-state index contributed by atoms with van der Waals surface area (Å²) in [5, 5.41) is 15.0. The minimum absolute atomic E-state index is 0.124. The van der Waals surface area contributed by atoms with Crippen LogP contribution in [-0.4, -0.2) is 42.0 Å². The number of benzene rings is 1. The number of hydrogen-bond acceptors (Lipinski definition) is 7. The Labute approximate surface area is 183 Å². The molecule has 0 atom stereocenters. The molecule has 1 aromatic carbocycles. The van der Waals surface area contributed by atoms with Gasteiger partial charge in [-0.1, -0.05) is 17.7 Å². The number of aromatic nitrogens is 6. The van der Waals surface area contributed by atoms with E-state index >= 15 is 0 Å². The van der Waals surface area contributed by atoms with Crippen molar-refractivity contribution in [1.82, 2.24) is 29.8 Å². The number of carbonyl (C=O) groups excluding carboxylic acids is 1. The third kappa shape index (κ3) is 3.39. The van der Waals surface area contributed by atoms with Crippen molar-refractivity contribution in [3.63, 3.8) is 0 Å². The van der Waals surface area contributed by atoms with Crippen LogP contribution in [-0.2, 0) is 0 Å². The lowest BCUT2D eigenvalue weighted by molar-refractivity contribution is -0.286. The number of alkyl halides is 2. The number of nitrogens with one attached hydrogen (secondary N) is 1. The number of pyridine rings is 1. The summed E-state index contributed by atoms with van der Waals surface area (Å²) in [4.78, 5) is 18.2. The molecule has 0 unspecified atom stereocenters. The first-order chi connectivity index (χ1) is 15.3. The number of carbonyl (C=O) groups is 1. The van der Waals surface area contributed by atoms with E-state index in [4.69, 9.17) is 11.6 Å². The van der Waals surface area contributed by atoms with Gasteiger partial charge in [0.1, 0.15) is 5.69 Å². The van der Waals surface area contributed by atoms with Crippen molar-refractivity contribution in [3.05, 3.63) is 65.3 Å². The molecule has 0 spiro atoms. The molecule has 0 saturated heterocycles. The Morgan fingerprint density at radius 2 is 1.94 bits per heavy atom. The fraction of sp³-hybridized carbons (Fsp3) is 0.105. The molecule has 0 aliphatic carbocycles. The summed E-state index contributed by atoms with van der Waals surface area (Å²) in [5.41, 5.74) is 1.14. The molecular formula is C19H12ClF2N7O3. The monoisotopic (exact) mass is 459 g/mol. The van der Waals surface area contributed by atoms with Crippen LogP contribution in [0.25, 0.3) is 11.5 Å². The van der Waals surface area contributed by atoms with Crippen molar-refractivity contribution in [2.75, 3.05) is 5.32 Å². The van der Waals surface area contributed by atoms with E-state index in [1.807, 2.05) is 0 Å². The van der Waals surface area contributed by atoms with Crippen LogP contribution < -0.4 is 14.8 Å². The summed E-state index contributed by atoms with van der Waals surface area (Å²) >= 11 is 6.22. The van der Waals surface area contributed by atoms with Gasteiger partial charge in [0, 0.05) is 0 Å². The second-order valence-electron chi connectivity index (χ2n) is 6.63. The molecule has 13 heteroatoms. The van der Waals surface area contributed by atoms with Gasteiger partial charge in [0.2, 0.25) is 0 Å². The van der Waals surface area contributed by atoms with Crippen LogP contribution in [0.3, 0.4) is 0 Å². The first kappa shape index (κ1) is 19.9. The first-order valence-electron chi connectivity index (χ1n) is 9.10. The Balaban J connectivity index is 1.41. The van der Waals surface area contributed by atoms with E-state index in [2.05, 4.69) is 35.1 Å². The van der Waals surface area contributed by atoms with Gasteiger partial charge in [-0.15, -0.1) is 13.6 Å². The Bertz CT molecular complexity index is 1340. The zero-order valence-corrected chi connectivity index (χ0v) is 16.9. The van der Waals surface area contributed by atoms with E-state index in [0.29, 0.717) is 17.2 Å². The minimum Gasteiger partial charge on any atom is -0.395 e. The lowest BCUT2D eigenvalue weighted by atomic mass is 10.2. The van der Waals surface area contributed by atoms with Crippen molar-refractivity contribution in [2.45, 2.75) is 13.2 Å². The Morgan fingerprint density at radius 3 is 2.69 bits per heavy atom. The number of hydrogen-bond donors (Lipinski definition) is 1. The Hall–Kier alpha value is -4.06. The number of rotatable bonds is 4. The normalized spacial score (nSPS) is 13.9. The summed E-state index contributed by atoms with van der Waals surface area (Å²) in [7, 11) is 0. The summed E-state index contributed by atoms with van der Waals surface area (Å²) in [5.74, 6) is -0.488. The van der Waals surface area contributed by atoms with Crippen molar-refractivity contribution in [1.29, 1.82) is 0 Å². The maximum absolute atomic E-state index is 13.5. The second kappa shape index (κ2) is 7.27. The maximum atomic E-state index is 13.5. The van der Waals surface area contributed by atoms with Gasteiger partial charge in [-0.3, -0.25) is 4.79 Å². The van der Waals surface area contributed by atoms with E-state index in [-0.39, 0.29) is 27.8 Å². The molecule has 4 heterocycles. The third-order valence-corrected chi connectivity index (χ3v) is 4.86. The van der Waals surface area contributed by atoms with Gasteiger partial charge < -0.3 is 14.8 Å². The molecular weight excluding hydrogens is 448 g/mol. The third-order valence-electron chi connectivity index (χ3n) is 4.58. The van der Waals surface area contributed by atoms with Crippen LogP contribution in [0.1, 0.15) is 16.1 Å². The molecule has 0 saturated carbocycles. The summed E-state index contributed by atoms with van der Waals surface area (Å²) in [6.07, 6.45) is 1.90. The fourth-order valence-corrected chi connectivity index (χ4v) is 3.41. The zero-order valence-electron chi connectivity index (χ0n) is 16.2. The van der Waals surface area contributed by atoms with Crippen LogP contribution in [0.4, 0.5) is 14.5 Å². The molecule has 32 heavy (non-hydrogen) atoms. The van der Waals surface area contributed by atoms with Crippen LogP contribution in [0, 0.1) is 6.92 Å². The van der Waals surface area contributed by atoms with Gasteiger partial charge in [0.15, 0.2) is 17.3 Å². The van der Waals surface area contributed by atoms with Gasteiger partial charge in [-0.05, 0) is 25.1 Å². The predicted molar refractivity (Wildman–Crippen MR) is 107 cm³/mol. The standard InChI is InChI=1S/C19H12ClF2N7O3/c1-10-12(9-26-28(10)14-3-2-4-15-16(14)32-19(21,22)31-15)18(30)27-11-7-13(20)17(23-8-11)29-24-5-6-25-29/h2-9H,1H3,(H,27,30). The van der Waals surface area contributed by atoms with E-state index < -0.39 is 12.2 Å². The number of amides is 1. The average molecular weight is 460 g/mol. The Morgan fingerprint density at radius 1 is 1.16 bits per heavy atom. The molecule has 0 radical (unpaired) electrons. The molecule has 1 aliphatic rings. The van der Waals surface area contributed by atoms with E-state index in [9.17, 15) is 13.6 Å². The molecule has 1 aliphatic heterocycles. The quantitative estimate of drug-likeness (QED) is 0.498. The minimum atomic E-state index is -3.77. The van der Waals surface area contributed by atoms with Crippen LogP contribution in [0.2, 0.25) is 5.02 Å². The highest BCUT2D eigenvalue weighted by molar-refractivity contribution is 6.32. The van der Waals surface area contributed by atoms with Crippen molar-refractivity contribution < 1.29 is 23.0 Å². The van der Waals surface area contributed by atoms with Gasteiger partial charge in [-0.2, -0.15) is 15.3 Å². The lowest BCUT2D eigenvalue weighted by Gasteiger charge is -2.10. The SMILES string of the molecule is Cc1c(C(=O)Nc2cnc(-n3nccn3)c(Cl)c2)cnn1-c1cccc2c1OC(F)(F)O2. The van der Waals surface area contributed by atoms with Gasteiger partial charge in [0.05, 0.1) is 46.8 Å². The number of fused-ring (bicyclic) bond motifs is 1. The number of anilines is 1.